The summed E-state index contributed by atoms with van der Waals surface area (Å²) in [6.07, 6.45) is 1.57. The lowest BCUT2D eigenvalue weighted by molar-refractivity contribution is 0.0969. The second kappa shape index (κ2) is 5.01. The van der Waals surface area contributed by atoms with Crippen molar-refractivity contribution in [2.45, 2.75) is 20.4 Å². The van der Waals surface area contributed by atoms with E-state index in [1.54, 1.807) is 18.3 Å². The van der Waals surface area contributed by atoms with Crippen LogP contribution in [0.5, 0.6) is 0 Å². The van der Waals surface area contributed by atoms with Crippen LogP contribution in [0.1, 0.15) is 21.5 Å². The maximum absolute atomic E-state index is 12.5. The fraction of sp³-hybridized carbons (Fsp3) is 0.188. The number of pyridine rings is 1. The van der Waals surface area contributed by atoms with E-state index in [1.807, 2.05) is 32.0 Å². The van der Waals surface area contributed by atoms with Crippen LogP contribution < -0.4 is 5.76 Å². The molecule has 0 N–H and O–H groups in total. The fourth-order valence-electron chi connectivity index (χ4n) is 2.30. The number of fused-ring (bicyclic) bond motifs is 1. The van der Waals surface area contributed by atoms with E-state index >= 15 is 0 Å². The highest BCUT2D eigenvalue weighted by Gasteiger charge is 2.16. The van der Waals surface area contributed by atoms with E-state index in [0.29, 0.717) is 16.8 Å². The Kier molecular flexibility index (Phi) is 3.17. The van der Waals surface area contributed by atoms with Crippen LogP contribution in [0, 0.1) is 13.8 Å². The number of nitrogens with zero attached hydrogens (tertiary/aromatic N) is 2. The number of rotatable bonds is 3. The molecule has 2 aromatic heterocycles. The van der Waals surface area contributed by atoms with Crippen LogP contribution in [0.4, 0.5) is 0 Å². The third kappa shape index (κ3) is 2.38. The number of carbonyl (C=O) groups is 1. The van der Waals surface area contributed by atoms with Gasteiger partial charge in [0.15, 0.2) is 17.0 Å². The third-order valence-corrected chi connectivity index (χ3v) is 3.42. The lowest BCUT2D eigenvalue weighted by Crippen LogP contribution is -2.21. The quantitative estimate of drug-likeness (QED) is 0.692. The van der Waals surface area contributed by atoms with E-state index in [4.69, 9.17) is 4.42 Å². The first-order valence-corrected chi connectivity index (χ1v) is 6.61. The molecule has 0 radical (unpaired) electrons. The molecule has 2 heterocycles. The second-order valence-corrected chi connectivity index (χ2v) is 5.02. The Bertz CT molecular complexity index is 890. The van der Waals surface area contributed by atoms with Gasteiger partial charge in [-0.1, -0.05) is 17.7 Å². The molecule has 0 aliphatic carbocycles. The zero-order valence-corrected chi connectivity index (χ0v) is 11.8. The van der Waals surface area contributed by atoms with Crippen molar-refractivity contribution in [1.29, 1.82) is 0 Å². The van der Waals surface area contributed by atoms with Gasteiger partial charge in [-0.05, 0) is 37.6 Å². The largest absolute Gasteiger partial charge is 0.421 e. The highest BCUT2D eigenvalue weighted by Crippen LogP contribution is 2.14. The highest BCUT2D eigenvalue weighted by atomic mass is 16.4. The van der Waals surface area contributed by atoms with E-state index < -0.39 is 5.76 Å². The summed E-state index contributed by atoms with van der Waals surface area (Å²) in [5, 5.41) is 0. The van der Waals surface area contributed by atoms with Crippen LogP contribution in [0.15, 0.2) is 45.7 Å². The summed E-state index contributed by atoms with van der Waals surface area (Å²) in [6, 6.07) is 9.02. The van der Waals surface area contributed by atoms with Gasteiger partial charge in [0.05, 0.1) is 6.54 Å². The summed E-state index contributed by atoms with van der Waals surface area (Å²) < 4.78 is 6.35. The van der Waals surface area contributed by atoms with Crippen LogP contribution in [0.25, 0.3) is 11.2 Å². The van der Waals surface area contributed by atoms with Gasteiger partial charge in [-0.2, -0.15) is 0 Å². The van der Waals surface area contributed by atoms with Gasteiger partial charge in [0.25, 0.3) is 0 Å². The Labute approximate surface area is 120 Å². The summed E-state index contributed by atoms with van der Waals surface area (Å²) in [5.74, 6) is -0.700. The first kappa shape index (κ1) is 13.3. The van der Waals surface area contributed by atoms with E-state index in [9.17, 15) is 9.59 Å². The molecule has 106 valence electrons. The SMILES string of the molecule is Cc1ccc(C)c(C(=O)Cn2c(=O)oc3cccnc32)c1. The minimum absolute atomic E-state index is 0.0763. The highest BCUT2D eigenvalue weighted by molar-refractivity contribution is 5.97. The molecular weight excluding hydrogens is 268 g/mol. The summed E-state index contributed by atoms with van der Waals surface area (Å²) >= 11 is 0. The summed E-state index contributed by atoms with van der Waals surface area (Å²) in [5.41, 5.74) is 3.29. The number of hydrogen-bond acceptors (Lipinski definition) is 4. The molecule has 0 aliphatic rings. The zero-order valence-electron chi connectivity index (χ0n) is 11.8. The van der Waals surface area contributed by atoms with Crippen molar-refractivity contribution in [2.24, 2.45) is 0 Å². The Hall–Kier alpha value is -2.69. The topological polar surface area (TPSA) is 65.1 Å². The minimum atomic E-state index is -0.567. The van der Waals surface area contributed by atoms with Gasteiger partial charge in [-0.25, -0.2) is 9.78 Å². The maximum atomic E-state index is 12.5. The molecule has 0 saturated carbocycles. The maximum Gasteiger partial charge on any atom is 0.421 e. The zero-order chi connectivity index (χ0) is 15.0. The molecule has 0 atom stereocenters. The fourth-order valence-corrected chi connectivity index (χ4v) is 2.30. The third-order valence-electron chi connectivity index (χ3n) is 3.42. The number of benzene rings is 1. The van der Waals surface area contributed by atoms with Crippen LogP contribution >= 0.6 is 0 Å². The van der Waals surface area contributed by atoms with Gasteiger partial charge in [0, 0.05) is 11.8 Å². The van der Waals surface area contributed by atoms with Crippen molar-refractivity contribution in [3.63, 3.8) is 0 Å². The van der Waals surface area contributed by atoms with Gasteiger partial charge in [0.1, 0.15) is 0 Å². The van der Waals surface area contributed by atoms with Gasteiger partial charge in [0.2, 0.25) is 0 Å². The molecule has 21 heavy (non-hydrogen) atoms. The molecular formula is C16H14N2O3. The summed E-state index contributed by atoms with van der Waals surface area (Å²) in [7, 11) is 0. The molecule has 0 aliphatic heterocycles. The van der Waals surface area contributed by atoms with Crippen LogP contribution in [0.3, 0.4) is 0 Å². The first-order chi connectivity index (χ1) is 10.1. The van der Waals surface area contributed by atoms with Crippen LogP contribution in [0.2, 0.25) is 0 Å². The van der Waals surface area contributed by atoms with Crippen molar-refractivity contribution in [2.75, 3.05) is 0 Å². The number of oxazole rings is 1. The number of aryl methyl sites for hydroxylation is 2. The molecule has 0 fully saturated rings. The van der Waals surface area contributed by atoms with Gasteiger partial charge < -0.3 is 4.42 Å². The standard InChI is InChI=1S/C16H14N2O3/c1-10-5-6-11(2)12(8-10)13(19)9-18-15-14(21-16(18)20)4-3-7-17-15/h3-8H,9H2,1-2H3. The molecule has 5 nitrogen and oxygen atoms in total. The average molecular weight is 282 g/mol. The van der Waals surface area contributed by atoms with Crippen molar-refractivity contribution in [3.05, 3.63) is 63.8 Å². The Morgan fingerprint density at radius 3 is 2.90 bits per heavy atom. The van der Waals surface area contributed by atoms with Crippen LogP contribution in [-0.2, 0) is 6.54 Å². The molecule has 0 unspecified atom stereocenters. The van der Waals surface area contributed by atoms with E-state index in [-0.39, 0.29) is 12.3 Å². The van der Waals surface area contributed by atoms with Crippen molar-refractivity contribution < 1.29 is 9.21 Å². The monoisotopic (exact) mass is 282 g/mol. The lowest BCUT2D eigenvalue weighted by atomic mass is 10.0. The Balaban J connectivity index is 2.02. The molecule has 5 heteroatoms. The average Bonchev–Trinajstić information content (AvgIpc) is 2.78. The van der Waals surface area contributed by atoms with Crippen LogP contribution in [-0.4, -0.2) is 15.3 Å². The second-order valence-electron chi connectivity index (χ2n) is 5.02. The Morgan fingerprint density at radius 2 is 2.10 bits per heavy atom. The number of ketones is 1. The van der Waals surface area contributed by atoms with Gasteiger partial charge in [-0.3, -0.25) is 9.36 Å². The number of Topliss-reactive ketones (excluding diaryl/α,β-unsaturated/α-hetero) is 1. The molecule has 0 saturated heterocycles. The molecule has 0 amide bonds. The smallest absolute Gasteiger partial charge is 0.406 e. The number of aromatic nitrogens is 2. The van der Waals surface area contributed by atoms with E-state index in [0.717, 1.165) is 11.1 Å². The predicted molar refractivity (Wildman–Crippen MR) is 78.5 cm³/mol. The van der Waals surface area contributed by atoms with Gasteiger partial charge in [-0.15, -0.1) is 0 Å². The molecule has 3 rings (SSSR count). The Morgan fingerprint density at radius 1 is 1.29 bits per heavy atom. The predicted octanol–water partition coefficient (Wildman–Crippen LogP) is 2.49. The van der Waals surface area contributed by atoms with Crippen molar-refractivity contribution in [1.82, 2.24) is 9.55 Å². The van der Waals surface area contributed by atoms with Gasteiger partial charge >= 0.3 is 5.76 Å². The minimum Gasteiger partial charge on any atom is -0.406 e. The molecule has 1 aromatic carbocycles. The number of hydrogen-bond donors (Lipinski definition) is 0. The van der Waals surface area contributed by atoms with E-state index in [1.165, 1.54) is 4.57 Å². The molecule has 0 bridgehead atoms. The lowest BCUT2D eigenvalue weighted by Gasteiger charge is -2.06. The first-order valence-electron chi connectivity index (χ1n) is 6.61. The molecule has 0 spiro atoms. The van der Waals surface area contributed by atoms with Crippen molar-refractivity contribution in [3.8, 4) is 0 Å². The molecule has 3 aromatic rings. The van der Waals surface area contributed by atoms with E-state index in [2.05, 4.69) is 4.98 Å². The number of carbonyl (C=O) groups excluding carboxylic acids is 1. The normalized spacial score (nSPS) is 11.0. The summed E-state index contributed by atoms with van der Waals surface area (Å²) in [4.78, 5) is 28.4. The van der Waals surface area contributed by atoms with Crippen molar-refractivity contribution >= 4 is 17.0 Å². The summed E-state index contributed by atoms with van der Waals surface area (Å²) in [6.45, 7) is 3.73.